The minimum Gasteiger partial charge on any atom is -0.313 e. The Morgan fingerprint density at radius 1 is 1.55 bits per heavy atom. The summed E-state index contributed by atoms with van der Waals surface area (Å²) in [5.41, 5.74) is 0.540. The van der Waals surface area contributed by atoms with E-state index in [0.717, 1.165) is 0 Å². The molecule has 0 rings (SSSR count). The van der Waals surface area contributed by atoms with Gasteiger partial charge in [-0.2, -0.15) is 0 Å². The zero-order valence-corrected chi connectivity index (χ0v) is 7.42. The Morgan fingerprint density at radius 3 is 2.09 bits per heavy atom. The van der Waals surface area contributed by atoms with Crippen molar-refractivity contribution in [1.82, 2.24) is 4.90 Å². The Hall–Kier alpha value is -1.05. The molecular formula is C9H15NO. The van der Waals surface area contributed by atoms with Crippen molar-refractivity contribution >= 4 is 5.91 Å². The second-order valence-corrected chi connectivity index (χ2v) is 2.77. The molecule has 62 valence electrons. The first-order valence-electron chi connectivity index (χ1n) is 3.61. The van der Waals surface area contributed by atoms with Crippen molar-refractivity contribution in [2.45, 2.75) is 26.8 Å². The van der Waals surface area contributed by atoms with Crippen LogP contribution in [0.15, 0.2) is 24.9 Å². The van der Waals surface area contributed by atoms with E-state index in [4.69, 9.17) is 0 Å². The highest BCUT2D eigenvalue weighted by atomic mass is 16.2. The highest BCUT2D eigenvalue weighted by Crippen LogP contribution is 2.03. The summed E-state index contributed by atoms with van der Waals surface area (Å²) in [4.78, 5) is 12.8. The molecular weight excluding hydrogens is 138 g/mol. The molecule has 2 heteroatoms. The van der Waals surface area contributed by atoms with Gasteiger partial charge in [-0.1, -0.05) is 13.2 Å². The Labute approximate surface area is 68.2 Å². The lowest BCUT2D eigenvalue weighted by Gasteiger charge is -2.21. The third-order valence-corrected chi connectivity index (χ3v) is 1.35. The number of carbonyl (C=O) groups is 1. The Kier molecular flexibility index (Phi) is 3.58. The van der Waals surface area contributed by atoms with Gasteiger partial charge in [0.1, 0.15) is 0 Å². The monoisotopic (exact) mass is 153 g/mol. The van der Waals surface area contributed by atoms with Gasteiger partial charge >= 0.3 is 0 Å². The van der Waals surface area contributed by atoms with E-state index >= 15 is 0 Å². The molecule has 0 bridgehead atoms. The summed E-state index contributed by atoms with van der Waals surface area (Å²) in [5, 5.41) is 0. The molecule has 0 fully saturated rings. The maximum absolute atomic E-state index is 11.3. The van der Waals surface area contributed by atoms with Crippen molar-refractivity contribution in [2.24, 2.45) is 0 Å². The molecule has 0 unspecified atom stereocenters. The van der Waals surface area contributed by atoms with E-state index in [0.29, 0.717) is 5.57 Å². The standard InChI is InChI=1S/C9H15NO/c1-6-10(8(4)5)9(11)7(2)3/h6,8H,1-2H2,3-5H3. The van der Waals surface area contributed by atoms with E-state index in [-0.39, 0.29) is 11.9 Å². The number of nitrogens with zero attached hydrogens (tertiary/aromatic N) is 1. The summed E-state index contributed by atoms with van der Waals surface area (Å²) in [6.07, 6.45) is 1.53. The highest BCUT2D eigenvalue weighted by molar-refractivity contribution is 5.93. The van der Waals surface area contributed by atoms with Gasteiger partial charge in [0.05, 0.1) is 0 Å². The summed E-state index contributed by atoms with van der Waals surface area (Å²) in [6, 6.07) is 0.150. The quantitative estimate of drug-likeness (QED) is 0.567. The van der Waals surface area contributed by atoms with Crippen LogP contribution in [-0.4, -0.2) is 16.8 Å². The molecule has 0 aliphatic rings. The van der Waals surface area contributed by atoms with Crippen LogP contribution in [0.2, 0.25) is 0 Å². The zero-order chi connectivity index (χ0) is 9.02. The van der Waals surface area contributed by atoms with Crippen LogP contribution in [0.4, 0.5) is 0 Å². The number of rotatable bonds is 3. The van der Waals surface area contributed by atoms with Gasteiger partial charge in [0.15, 0.2) is 0 Å². The maximum atomic E-state index is 11.3. The van der Waals surface area contributed by atoms with Gasteiger partial charge in [0.25, 0.3) is 5.91 Å². The minimum atomic E-state index is -0.0602. The summed E-state index contributed by atoms with van der Waals surface area (Å²) in [7, 11) is 0. The fourth-order valence-corrected chi connectivity index (χ4v) is 0.749. The molecule has 0 aromatic heterocycles. The number of carbonyl (C=O) groups excluding carboxylic acids is 1. The Balaban J connectivity index is 4.39. The fourth-order valence-electron chi connectivity index (χ4n) is 0.749. The predicted octanol–water partition coefficient (Wildman–Crippen LogP) is 1.94. The van der Waals surface area contributed by atoms with Crippen LogP contribution in [0.3, 0.4) is 0 Å². The molecule has 0 radical (unpaired) electrons. The van der Waals surface area contributed by atoms with Gasteiger partial charge in [-0.05, 0) is 20.8 Å². The van der Waals surface area contributed by atoms with Crippen molar-refractivity contribution in [3.63, 3.8) is 0 Å². The van der Waals surface area contributed by atoms with Crippen LogP contribution in [0, 0.1) is 0 Å². The molecule has 0 atom stereocenters. The van der Waals surface area contributed by atoms with Crippen molar-refractivity contribution in [3.8, 4) is 0 Å². The van der Waals surface area contributed by atoms with Gasteiger partial charge in [-0.3, -0.25) is 4.79 Å². The molecule has 1 amide bonds. The third-order valence-electron chi connectivity index (χ3n) is 1.35. The average molecular weight is 153 g/mol. The van der Waals surface area contributed by atoms with E-state index in [1.807, 2.05) is 13.8 Å². The zero-order valence-electron chi connectivity index (χ0n) is 7.42. The highest BCUT2D eigenvalue weighted by Gasteiger charge is 2.13. The molecule has 0 heterocycles. The molecule has 0 aliphatic heterocycles. The second kappa shape index (κ2) is 3.96. The van der Waals surface area contributed by atoms with Crippen molar-refractivity contribution in [2.75, 3.05) is 0 Å². The first kappa shape index (κ1) is 9.95. The second-order valence-electron chi connectivity index (χ2n) is 2.77. The molecule has 0 aromatic carbocycles. The van der Waals surface area contributed by atoms with Gasteiger partial charge in [0, 0.05) is 17.8 Å². The molecule has 0 spiro atoms. The summed E-state index contributed by atoms with van der Waals surface area (Å²) in [5.74, 6) is -0.0602. The topological polar surface area (TPSA) is 20.3 Å². The van der Waals surface area contributed by atoms with Gasteiger partial charge < -0.3 is 4.90 Å². The molecule has 0 saturated carbocycles. The number of amides is 1. The normalized spacial score (nSPS) is 9.45. The van der Waals surface area contributed by atoms with Crippen molar-refractivity contribution < 1.29 is 4.79 Å². The van der Waals surface area contributed by atoms with Crippen molar-refractivity contribution in [1.29, 1.82) is 0 Å². The smallest absolute Gasteiger partial charge is 0.253 e. The lowest BCUT2D eigenvalue weighted by Crippen LogP contribution is -2.32. The predicted molar refractivity (Wildman–Crippen MR) is 47.0 cm³/mol. The van der Waals surface area contributed by atoms with Crippen LogP contribution < -0.4 is 0 Å². The molecule has 0 aliphatic carbocycles. The molecule has 2 nitrogen and oxygen atoms in total. The van der Waals surface area contributed by atoms with Gasteiger partial charge in [-0.15, -0.1) is 0 Å². The lowest BCUT2D eigenvalue weighted by molar-refractivity contribution is -0.125. The fraction of sp³-hybridized carbons (Fsp3) is 0.444. The Bertz CT molecular complexity index is 182. The summed E-state index contributed by atoms with van der Waals surface area (Å²) >= 11 is 0. The number of hydrogen-bond donors (Lipinski definition) is 0. The Morgan fingerprint density at radius 2 is 2.00 bits per heavy atom. The van der Waals surface area contributed by atoms with Gasteiger partial charge in [-0.25, -0.2) is 0 Å². The number of hydrogen-bond acceptors (Lipinski definition) is 1. The molecule has 0 saturated heterocycles. The van der Waals surface area contributed by atoms with E-state index in [2.05, 4.69) is 13.2 Å². The van der Waals surface area contributed by atoms with Crippen LogP contribution in [0.1, 0.15) is 20.8 Å². The molecule has 0 N–H and O–H groups in total. The lowest BCUT2D eigenvalue weighted by atomic mass is 10.2. The molecule has 11 heavy (non-hydrogen) atoms. The van der Waals surface area contributed by atoms with Crippen LogP contribution in [-0.2, 0) is 4.79 Å². The van der Waals surface area contributed by atoms with Crippen LogP contribution >= 0.6 is 0 Å². The first-order chi connectivity index (χ1) is 5.00. The van der Waals surface area contributed by atoms with Gasteiger partial charge in [0.2, 0.25) is 0 Å². The maximum Gasteiger partial charge on any atom is 0.253 e. The van der Waals surface area contributed by atoms with E-state index in [1.165, 1.54) is 6.20 Å². The van der Waals surface area contributed by atoms with Crippen LogP contribution in [0.25, 0.3) is 0 Å². The van der Waals surface area contributed by atoms with Crippen LogP contribution in [0.5, 0.6) is 0 Å². The molecule has 0 aromatic rings. The van der Waals surface area contributed by atoms with Crippen molar-refractivity contribution in [3.05, 3.63) is 24.9 Å². The van der Waals surface area contributed by atoms with E-state index < -0.39 is 0 Å². The minimum absolute atomic E-state index is 0.0602. The third kappa shape index (κ3) is 2.58. The summed E-state index contributed by atoms with van der Waals surface area (Å²) in [6.45, 7) is 12.7. The first-order valence-corrected chi connectivity index (χ1v) is 3.61. The SMILES string of the molecule is C=CN(C(=O)C(=C)C)C(C)C. The average Bonchev–Trinajstić information content (AvgIpc) is 1.88. The summed E-state index contributed by atoms with van der Waals surface area (Å²) < 4.78 is 0. The van der Waals surface area contributed by atoms with E-state index in [9.17, 15) is 4.79 Å². The largest absolute Gasteiger partial charge is 0.313 e. The van der Waals surface area contributed by atoms with E-state index in [1.54, 1.807) is 11.8 Å².